The van der Waals surface area contributed by atoms with Crippen LogP contribution in [0.2, 0.25) is 0 Å². The smallest absolute Gasteiger partial charge is 0.298 e. The predicted molar refractivity (Wildman–Crippen MR) is 135 cm³/mol. The molecule has 2 aromatic rings. The van der Waals surface area contributed by atoms with Gasteiger partial charge < -0.3 is 14.1 Å². The first-order chi connectivity index (χ1) is 16.1. The average molecular weight is 444 g/mol. The Morgan fingerprint density at radius 1 is 0.909 bits per heavy atom. The number of carbonyl (C=O) groups excluding carboxylic acids is 1. The summed E-state index contributed by atoms with van der Waals surface area (Å²) in [4.78, 5) is 13.5. The molecule has 2 aromatic carbocycles. The first-order valence-electron chi connectivity index (χ1n) is 11.7. The molecule has 33 heavy (non-hydrogen) atoms. The standard InChI is InChI=1S/C28H31N2O3/c1-5-29(6-2)20-13-15-23-26(17-20)33-27-18-21(30(7-3)8-4)14-16-24(27)28(23)22-11-9-10-12-25(22)32-19-31/h9-19H,5-8H2,1-4H3/q+1. The van der Waals surface area contributed by atoms with Gasteiger partial charge in [0.15, 0.2) is 0 Å². The molecular weight excluding hydrogens is 412 g/mol. The van der Waals surface area contributed by atoms with E-state index >= 15 is 0 Å². The van der Waals surface area contributed by atoms with E-state index in [1.807, 2.05) is 24.3 Å². The molecule has 1 aliphatic heterocycles. The first-order valence-corrected chi connectivity index (χ1v) is 11.7. The van der Waals surface area contributed by atoms with Crippen LogP contribution in [0.1, 0.15) is 27.7 Å². The van der Waals surface area contributed by atoms with Gasteiger partial charge >= 0.3 is 0 Å². The molecule has 170 valence electrons. The number of fused-ring (bicyclic) bond motifs is 2. The van der Waals surface area contributed by atoms with Crippen LogP contribution in [0.5, 0.6) is 5.75 Å². The first kappa shape index (κ1) is 22.6. The normalized spacial score (nSPS) is 11.0. The summed E-state index contributed by atoms with van der Waals surface area (Å²) in [5.41, 5.74) is 4.77. The Morgan fingerprint density at radius 2 is 1.67 bits per heavy atom. The number of rotatable bonds is 8. The molecule has 0 fully saturated rings. The Hall–Kier alpha value is -3.60. The van der Waals surface area contributed by atoms with Crippen LogP contribution in [0.25, 0.3) is 33.4 Å². The van der Waals surface area contributed by atoms with Crippen molar-refractivity contribution >= 4 is 23.1 Å². The van der Waals surface area contributed by atoms with Crippen LogP contribution in [-0.2, 0) is 4.79 Å². The molecular formula is C28H31N2O3+. The number of benzene rings is 3. The lowest BCUT2D eigenvalue weighted by Crippen LogP contribution is -2.29. The minimum atomic E-state index is 0.480. The summed E-state index contributed by atoms with van der Waals surface area (Å²) in [7, 11) is 0. The highest BCUT2D eigenvalue weighted by Gasteiger charge is 2.21. The molecule has 1 aliphatic carbocycles. The van der Waals surface area contributed by atoms with Gasteiger partial charge in [-0.1, -0.05) is 18.2 Å². The second kappa shape index (κ2) is 9.90. The third kappa shape index (κ3) is 4.23. The van der Waals surface area contributed by atoms with Gasteiger partial charge in [-0.2, -0.15) is 0 Å². The Labute approximate surface area is 194 Å². The zero-order chi connectivity index (χ0) is 23.4. The summed E-state index contributed by atoms with van der Waals surface area (Å²) in [5.74, 6) is 1.33. The summed E-state index contributed by atoms with van der Waals surface area (Å²) in [6.07, 6.45) is 0. The Bertz CT molecular complexity index is 1310. The van der Waals surface area contributed by atoms with E-state index in [9.17, 15) is 4.79 Å². The van der Waals surface area contributed by atoms with Crippen molar-refractivity contribution in [3.63, 3.8) is 0 Å². The van der Waals surface area contributed by atoms with Gasteiger partial charge in [-0.05, 0) is 52.0 Å². The molecule has 0 bridgehead atoms. The number of carbonyl (C=O) groups is 1. The van der Waals surface area contributed by atoms with E-state index in [1.165, 1.54) is 0 Å². The average Bonchev–Trinajstić information content (AvgIpc) is 2.84. The molecule has 0 saturated carbocycles. The molecule has 2 aliphatic rings. The molecule has 4 rings (SSSR count). The summed E-state index contributed by atoms with van der Waals surface area (Å²) < 4.78 is 14.2. The fourth-order valence-electron chi connectivity index (χ4n) is 4.56. The molecule has 0 atom stereocenters. The van der Waals surface area contributed by atoms with E-state index in [0.717, 1.165) is 70.6 Å². The SMILES string of the molecule is CCN(CC)c1ccc2c(-c3ccccc3OC=O)c3ccc(=[N+](CC)CC)cc-3oc2c1. The third-order valence-corrected chi connectivity index (χ3v) is 6.28. The number of hydrogen-bond acceptors (Lipinski definition) is 4. The van der Waals surface area contributed by atoms with Crippen molar-refractivity contribution in [1.82, 2.24) is 4.58 Å². The van der Waals surface area contributed by atoms with Gasteiger partial charge in [0, 0.05) is 53.0 Å². The summed E-state index contributed by atoms with van der Waals surface area (Å²) in [5, 5.41) is 2.11. The van der Waals surface area contributed by atoms with Crippen LogP contribution in [0, 0.1) is 0 Å². The third-order valence-electron chi connectivity index (χ3n) is 6.28. The van der Waals surface area contributed by atoms with Crippen LogP contribution in [-0.4, -0.2) is 32.7 Å². The minimum absolute atomic E-state index is 0.480. The molecule has 1 heterocycles. The fourth-order valence-corrected chi connectivity index (χ4v) is 4.56. The number of para-hydroxylation sites is 1. The lowest BCUT2D eigenvalue weighted by atomic mass is 9.93. The van der Waals surface area contributed by atoms with Crippen molar-refractivity contribution < 1.29 is 13.9 Å². The van der Waals surface area contributed by atoms with Gasteiger partial charge in [-0.25, -0.2) is 4.58 Å². The molecule has 0 radical (unpaired) electrons. The van der Waals surface area contributed by atoms with Crippen LogP contribution in [0.4, 0.5) is 5.69 Å². The zero-order valence-electron chi connectivity index (χ0n) is 19.8. The van der Waals surface area contributed by atoms with E-state index in [-0.39, 0.29) is 0 Å². The van der Waals surface area contributed by atoms with Gasteiger partial charge in [0.05, 0.1) is 6.07 Å². The van der Waals surface area contributed by atoms with Crippen molar-refractivity contribution in [3.05, 3.63) is 66.0 Å². The van der Waals surface area contributed by atoms with Gasteiger partial charge in [-0.3, -0.25) is 4.79 Å². The van der Waals surface area contributed by atoms with Crippen molar-refractivity contribution in [2.75, 3.05) is 31.1 Å². The Morgan fingerprint density at radius 3 is 2.36 bits per heavy atom. The molecule has 0 aromatic heterocycles. The molecule has 0 unspecified atom stereocenters. The topological polar surface area (TPSA) is 45.7 Å². The van der Waals surface area contributed by atoms with Crippen LogP contribution in [0.15, 0.2) is 65.1 Å². The van der Waals surface area contributed by atoms with Crippen molar-refractivity contribution in [1.29, 1.82) is 0 Å². The Kier molecular flexibility index (Phi) is 6.78. The van der Waals surface area contributed by atoms with E-state index < -0.39 is 0 Å². The summed E-state index contributed by atoms with van der Waals surface area (Å²) in [6.45, 7) is 12.8. The molecule has 0 N–H and O–H groups in total. The number of ether oxygens (including phenoxy) is 1. The maximum absolute atomic E-state index is 11.2. The molecule has 0 amide bonds. The van der Waals surface area contributed by atoms with E-state index in [1.54, 1.807) is 0 Å². The summed E-state index contributed by atoms with van der Waals surface area (Å²) >= 11 is 0. The second-order valence-corrected chi connectivity index (χ2v) is 7.89. The van der Waals surface area contributed by atoms with E-state index in [2.05, 4.69) is 73.6 Å². The zero-order valence-corrected chi connectivity index (χ0v) is 19.8. The van der Waals surface area contributed by atoms with Crippen molar-refractivity contribution in [2.45, 2.75) is 27.7 Å². The highest BCUT2D eigenvalue weighted by atomic mass is 16.5. The lowest BCUT2D eigenvalue weighted by molar-refractivity contribution is -0.120. The minimum Gasteiger partial charge on any atom is -0.456 e. The van der Waals surface area contributed by atoms with Gasteiger partial charge in [0.2, 0.25) is 5.36 Å². The number of hydrogen-bond donors (Lipinski definition) is 0. The maximum atomic E-state index is 11.2. The lowest BCUT2D eigenvalue weighted by Gasteiger charge is -2.22. The highest BCUT2D eigenvalue weighted by molar-refractivity contribution is 6.04. The molecule has 5 nitrogen and oxygen atoms in total. The largest absolute Gasteiger partial charge is 0.456 e. The summed E-state index contributed by atoms with van der Waals surface area (Å²) in [6, 6.07) is 20.3. The second-order valence-electron chi connectivity index (χ2n) is 7.89. The number of anilines is 1. The van der Waals surface area contributed by atoms with Gasteiger partial charge in [-0.15, -0.1) is 0 Å². The van der Waals surface area contributed by atoms with Crippen LogP contribution >= 0.6 is 0 Å². The maximum Gasteiger partial charge on any atom is 0.298 e. The van der Waals surface area contributed by atoms with Crippen molar-refractivity contribution in [3.8, 4) is 28.2 Å². The van der Waals surface area contributed by atoms with Crippen molar-refractivity contribution in [2.24, 2.45) is 0 Å². The predicted octanol–water partition coefficient (Wildman–Crippen LogP) is 5.40. The van der Waals surface area contributed by atoms with E-state index in [0.29, 0.717) is 12.2 Å². The Balaban J connectivity index is 2.11. The molecule has 5 heteroatoms. The molecule has 0 spiro atoms. The van der Waals surface area contributed by atoms with Gasteiger partial charge in [0.1, 0.15) is 30.2 Å². The van der Waals surface area contributed by atoms with E-state index in [4.69, 9.17) is 9.15 Å². The fraction of sp³-hybridized carbons (Fsp3) is 0.286. The number of nitrogens with zero attached hydrogens (tertiary/aromatic N) is 2. The highest BCUT2D eigenvalue weighted by Crippen LogP contribution is 2.43. The quantitative estimate of drug-likeness (QED) is 0.208. The monoisotopic (exact) mass is 443 g/mol. The van der Waals surface area contributed by atoms with Crippen LogP contribution in [0.3, 0.4) is 0 Å². The van der Waals surface area contributed by atoms with Gasteiger partial charge in [0.25, 0.3) is 6.47 Å². The van der Waals surface area contributed by atoms with Crippen LogP contribution < -0.4 is 19.6 Å². The molecule has 0 saturated heterocycles.